The zero-order valence-electron chi connectivity index (χ0n) is 12.7. The van der Waals surface area contributed by atoms with Gasteiger partial charge in [0.05, 0.1) is 25.7 Å². The fourth-order valence-electron chi connectivity index (χ4n) is 2.71. The van der Waals surface area contributed by atoms with Gasteiger partial charge in [-0.1, -0.05) is 6.92 Å². The third kappa shape index (κ3) is 4.39. The Morgan fingerprint density at radius 3 is 2.52 bits per heavy atom. The standard InChI is InChI=1S/C14H26N4O3/c1-2-3-16-13(19)8-17-4-6-18(7-5-17)14(20)11-9-21-10-12(11)15/h11-12H,2-10,15H2,1H3,(H,16,19). The molecule has 3 N–H and O–H groups in total. The van der Waals surface area contributed by atoms with Crippen molar-refractivity contribution in [3.05, 3.63) is 0 Å². The van der Waals surface area contributed by atoms with Crippen LogP contribution < -0.4 is 11.1 Å². The number of nitrogens with two attached hydrogens (primary N) is 1. The molecule has 2 aliphatic rings. The summed E-state index contributed by atoms with van der Waals surface area (Å²) in [5, 5.41) is 2.87. The van der Waals surface area contributed by atoms with Crippen LogP contribution in [-0.2, 0) is 14.3 Å². The monoisotopic (exact) mass is 298 g/mol. The van der Waals surface area contributed by atoms with E-state index in [2.05, 4.69) is 10.2 Å². The van der Waals surface area contributed by atoms with E-state index in [1.807, 2.05) is 11.8 Å². The molecule has 2 unspecified atom stereocenters. The zero-order chi connectivity index (χ0) is 15.2. The average Bonchev–Trinajstić information content (AvgIpc) is 2.91. The number of rotatable bonds is 5. The molecule has 2 rings (SSSR count). The fraction of sp³-hybridized carbons (Fsp3) is 0.857. The summed E-state index contributed by atoms with van der Waals surface area (Å²) in [7, 11) is 0. The van der Waals surface area contributed by atoms with Gasteiger partial charge >= 0.3 is 0 Å². The highest BCUT2D eigenvalue weighted by Gasteiger charge is 2.35. The molecule has 0 aromatic rings. The van der Waals surface area contributed by atoms with Gasteiger partial charge < -0.3 is 20.7 Å². The van der Waals surface area contributed by atoms with Gasteiger partial charge in [0.1, 0.15) is 0 Å². The molecule has 7 heteroatoms. The van der Waals surface area contributed by atoms with E-state index >= 15 is 0 Å². The minimum atomic E-state index is -0.204. The van der Waals surface area contributed by atoms with E-state index in [1.54, 1.807) is 0 Å². The van der Waals surface area contributed by atoms with Crippen LogP contribution in [0.4, 0.5) is 0 Å². The van der Waals surface area contributed by atoms with Crippen LogP contribution in [0.2, 0.25) is 0 Å². The van der Waals surface area contributed by atoms with Crippen molar-refractivity contribution in [1.82, 2.24) is 15.1 Å². The highest BCUT2D eigenvalue weighted by molar-refractivity contribution is 5.80. The Morgan fingerprint density at radius 2 is 1.95 bits per heavy atom. The summed E-state index contributed by atoms with van der Waals surface area (Å²) in [6.45, 7) is 6.83. The summed E-state index contributed by atoms with van der Waals surface area (Å²) in [5.74, 6) is -0.0534. The van der Waals surface area contributed by atoms with Crippen LogP contribution in [0, 0.1) is 5.92 Å². The largest absolute Gasteiger partial charge is 0.379 e. The van der Waals surface area contributed by atoms with Gasteiger partial charge in [-0.15, -0.1) is 0 Å². The van der Waals surface area contributed by atoms with Crippen LogP contribution in [0.15, 0.2) is 0 Å². The Hall–Kier alpha value is -1.18. The lowest BCUT2D eigenvalue weighted by Gasteiger charge is -2.35. The van der Waals surface area contributed by atoms with Crippen molar-refractivity contribution in [2.75, 3.05) is 52.5 Å². The van der Waals surface area contributed by atoms with Crippen molar-refractivity contribution < 1.29 is 14.3 Å². The Bertz CT molecular complexity index is 369. The molecular weight excluding hydrogens is 272 g/mol. The maximum atomic E-state index is 12.3. The van der Waals surface area contributed by atoms with Crippen LogP contribution in [0.25, 0.3) is 0 Å². The van der Waals surface area contributed by atoms with E-state index in [-0.39, 0.29) is 23.8 Å². The Kier molecular flexibility index (Phi) is 5.96. The van der Waals surface area contributed by atoms with Crippen LogP contribution in [0.3, 0.4) is 0 Å². The quantitative estimate of drug-likeness (QED) is 0.654. The number of carbonyl (C=O) groups is 2. The van der Waals surface area contributed by atoms with Crippen molar-refractivity contribution >= 4 is 11.8 Å². The van der Waals surface area contributed by atoms with Crippen molar-refractivity contribution in [2.24, 2.45) is 11.7 Å². The molecule has 0 radical (unpaired) electrons. The van der Waals surface area contributed by atoms with Crippen molar-refractivity contribution in [3.8, 4) is 0 Å². The molecule has 2 aliphatic heterocycles. The smallest absolute Gasteiger partial charge is 0.234 e. The van der Waals surface area contributed by atoms with Crippen molar-refractivity contribution in [1.29, 1.82) is 0 Å². The highest BCUT2D eigenvalue weighted by atomic mass is 16.5. The van der Waals surface area contributed by atoms with E-state index in [4.69, 9.17) is 10.5 Å². The van der Waals surface area contributed by atoms with Crippen LogP contribution in [-0.4, -0.2) is 80.1 Å². The number of nitrogens with zero attached hydrogens (tertiary/aromatic N) is 2. The number of amides is 2. The fourth-order valence-corrected chi connectivity index (χ4v) is 2.71. The summed E-state index contributed by atoms with van der Waals surface area (Å²) in [5.41, 5.74) is 5.89. The van der Waals surface area contributed by atoms with Gasteiger partial charge in [0.15, 0.2) is 0 Å². The van der Waals surface area contributed by atoms with Crippen molar-refractivity contribution in [2.45, 2.75) is 19.4 Å². The number of piperazine rings is 1. The van der Waals surface area contributed by atoms with Gasteiger partial charge in [0.2, 0.25) is 11.8 Å². The summed E-state index contributed by atoms with van der Waals surface area (Å²) in [6.07, 6.45) is 0.942. The molecule has 2 atom stereocenters. The number of carbonyl (C=O) groups excluding carboxylic acids is 2. The molecule has 2 heterocycles. The van der Waals surface area contributed by atoms with E-state index in [1.165, 1.54) is 0 Å². The minimum absolute atomic E-state index is 0.0582. The molecule has 0 saturated carbocycles. The molecule has 0 bridgehead atoms. The third-order valence-electron chi connectivity index (χ3n) is 4.07. The zero-order valence-corrected chi connectivity index (χ0v) is 12.7. The van der Waals surface area contributed by atoms with Crippen LogP contribution in [0.1, 0.15) is 13.3 Å². The van der Waals surface area contributed by atoms with Gasteiger partial charge in [-0.2, -0.15) is 0 Å². The van der Waals surface area contributed by atoms with Gasteiger partial charge in [0.25, 0.3) is 0 Å². The molecule has 7 nitrogen and oxygen atoms in total. The molecule has 120 valence electrons. The summed E-state index contributed by atoms with van der Waals surface area (Å²) in [4.78, 5) is 28.0. The normalized spacial score (nSPS) is 26.9. The first-order valence-electron chi connectivity index (χ1n) is 7.73. The lowest BCUT2D eigenvalue weighted by Crippen LogP contribution is -2.54. The first-order chi connectivity index (χ1) is 10.1. The van der Waals surface area contributed by atoms with E-state index in [0.29, 0.717) is 32.8 Å². The third-order valence-corrected chi connectivity index (χ3v) is 4.07. The molecule has 0 aromatic heterocycles. The Morgan fingerprint density at radius 1 is 1.24 bits per heavy atom. The van der Waals surface area contributed by atoms with Gasteiger partial charge in [0, 0.05) is 38.8 Å². The van der Waals surface area contributed by atoms with Crippen LogP contribution >= 0.6 is 0 Å². The average molecular weight is 298 g/mol. The first kappa shape index (κ1) is 16.2. The predicted octanol–water partition coefficient (Wildman–Crippen LogP) is -1.37. The molecular formula is C14H26N4O3. The second-order valence-electron chi connectivity index (χ2n) is 5.76. The highest BCUT2D eigenvalue weighted by Crippen LogP contribution is 2.16. The maximum Gasteiger partial charge on any atom is 0.234 e. The Labute approximate surface area is 125 Å². The predicted molar refractivity (Wildman–Crippen MR) is 78.6 cm³/mol. The molecule has 0 aliphatic carbocycles. The molecule has 21 heavy (non-hydrogen) atoms. The molecule has 2 amide bonds. The Balaban J connectivity index is 1.72. The SMILES string of the molecule is CCCNC(=O)CN1CCN(C(=O)C2COCC2N)CC1. The number of hydrogen-bond donors (Lipinski definition) is 2. The number of hydrogen-bond acceptors (Lipinski definition) is 5. The lowest BCUT2D eigenvalue weighted by molar-refractivity contribution is -0.137. The number of ether oxygens (including phenoxy) is 1. The van der Waals surface area contributed by atoms with E-state index in [9.17, 15) is 9.59 Å². The second kappa shape index (κ2) is 7.72. The molecule has 0 aromatic carbocycles. The summed E-state index contributed by atoms with van der Waals surface area (Å²) >= 11 is 0. The topological polar surface area (TPSA) is 87.9 Å². The molecule has 2 fully saturated rings. The molecule has 2 saturated heterocycles. The molecule has 0 spiro atoms. The minimum Gasteiger partial charge on any atom is -0.379 e. The van der Waals surface area contributed by atoms with E-state index < -0.39 is 0 Å². The lowest BCUT2D eigenvalue weighted by atomic mass is 10.0. The maximum absolute atomic E-state index is 12.3. The second-order valence-corrected chi connectivity index (χ2v) is 5.76. The summed E-state index contributed by atoms with van der Waals surface area (Å²) in [6, 6.07) is -0.185. The van der Waals surface area contributed by atoms with Crippen LogP contribution in [0.5, 0.6) is 0 Å². The van der Waals surface area contributed by atoms with Gasteiger partial charge in [-0.05, 0) is 6.42 Å². The van der Waals surface area contributed by atoms with Crippen molar-refractivity contribution in [3.63, 3.8) is 0 Å². The van der Waals surface area contributed by atoms with Gasteiger partial charge in [-0.25, -0.2) is 0 Å². The summed E-state index contributed by atoms with van der Waals surface area (Å²) < 4.78 is 5.26. The van der Waals surface area contributed by atoms with Gasteiger partial charge in [-0.3, -0.25) is 14.5 Å². The van der Waals surface area contributed by atoms with E-state index in [0.717, 1.165) is 26.1 Å². The first-order valence-corrected chi connectivity index (χ1v) is 7.73. The number of nitrogens with one attached hydrogen (secondary N) is 1.